The predicted molar refractivity (Wildman–Crippen MR) is 111 cm³/mol. The lowest BCUT2D eigenvalue weighted by Crippen LogP contribution is -2.44. The summed E-state index contributed by atoms with van der Waals surface area (Å²) in [4.78, 5) is 26.7. The molecule has 0 aliphatic carbocycles. The number of carbonyl (C=O) groups excluding carboxylic acids is 2. The van der Waals surface area contributed by atoms with Gasteiger partial charge in [-0.1, -0.05) is 48.5 Å². The van der Waals surface area contributed by atoms with Crippen molar-refractivity contribution in [1.82, 2.24) is 15.1 Å². The Hall–Kier alpha value is -3.41. The first-order valence-electron chi connectivity index (χ1n) is 9.92. The van der Waals surface area contributed by atoms with Gasteiger partial charge in [-0.3, -0.25) is 14.7 Å². The van der Waals surface area contributed by atoms with Gasteiger partial charge >= 0.3 is 11.8 Å². The molecule has 2 aromatic carbocycles. The van der Waals surface area contributed by atoms with Crippen molar-refractivity contribution < 1.29 is 9.59 Å². The Labute approximate surface area is 169 Å². The van der Waals surface area contributed by atoms with Gasteiger partial charge in [0.25, 0.3) is 0 Å². The molecule has 1 fully saturated rings. The number of likely N-dealkylation sites (tertiary alicyclic amines) is 1. The molecule has 0 bridgehead atoms. The molecular formula is C23H24N4O2. The van der Waals surface area contributed by atoms with Crippen LogP contribution < -0.4 is 5.32 Å². The van der Waals surface area contributed by atoms with Crippen LogP contribution in [-0.2, 0) is 16.0 Å². The molecule has 1 atom stereocenters. The van der Waals surface area contributed by atoms with Gasteiger partial charge in [-0.05, 0) is 36.1 Å². The van der Waals surface area contributed by atoms with E-state index in [0.29, 0.717) is 18.8 Å². The normalized spacial score (nSPS) is 16.4. The minimum atomic E-state index is -0.592. The summed E-state index contributed by atoms with van der Waals surface area (Å²) in [6, 6.07) is 19.3. The van der Waals surface area contributed by atoms with Crippen LogP contribution in [0.2, 0.25) is 0 Å². The number of nitrogens with zero attached hydrogens (tertiary/aromatic N) is 2. The molecule has 2 N–H and O–H groups in total. The Balaban J connectivity index is 1.43. The number of benzene rings is 2. The second-order valence-corrected chi connectivity index (χ2v) is 7.38. The summed E-state index contributed by atoms with van der Waals surface area (Å²) in [5, 5.41) is 10.1. The number of amides is 2. The standard InChI is InChI=1S/C23H24N4O2/c28-22(25-20-11-5-2-6-12-20)23(29)27-13-7-10-18(16-27)21-19(15-24-26-21)14-17-8-3-1-4-9-17/h1-6,8-9,11-12,15,18H,7,10,13-14,16H2,(H,24,26)(H,25,28)/t18-/m0/s1. The fourth-order valence-corrected chi connectivity index (χ4v) is 3.88. The zero-order valence-electron chi connectivity index (χ0n) is 16.2. The van der Waals surface area contributed by atoms with Crippen LogP contribution in [0.3, 0.4) is 0 Å². The van der Waals surface area contributed by atoms with Gasteiger partial charge in [0.2, 0.25) is 0 Å². The van der Waals surface area contributed by atoms with Crippen molar-refractivity contribution >= 4 is 17.5 Å². The number of anilines is 1. The van der Waals surface area contributed by atoms with Crippen LogP contribution >= 0.6 is 0 Å². The Morgan fingerprint density at radius 3 is 2.55 bits per heavy atom. The van der Waals surface area contributed by atoms with Gasteiger partial charge in [0.15, 0.2) is 0 Å². The highest BCUT2D eigenvalue weighted by molar-refractivity contribution is 6.39. The molecule has 6 nitrogen and oxygen atoms in total. The fraction of sp³-hybridized carbons (Fsp3) is 0.261. The van der Waals surface area contributed by atoms with E-state index in [0.717, 1.165) is 30.5 Å². The number of hydrogen-bond acceptors (Lipinski definition) is 3. The molecule has 6 heteroatoms. The van der Waals surface area contributed by atoms with E-state index in [4.69, 9.17) is 0 Å². The van der Waals surface area contributed by atoms with E-state index in [-0.39, 0.29) is 5.92 Å². The second-order valence-electron chi connectivity index (χ2n) is 7.38. The molecule has 2 amide bonds. The Kier molecular flexibility index (Phi) is 5.70. The average Bonchev–Trinajstić information content (AvgIpc) is 3.23. The van der Waals surface area contributed by atoms with Gasteiger partial charge in [-0.25, -0.2) is 0 Å². The molecule has 1 aliphatic heterocycles. The summed E-state index contributed by atoms with van der Waals surface area (Å²) < 4.78 is 0. The Morgan fingerprint density at radius 2 is 1.79 bits per heavy atom. The van der Waals surface area contributed by atoms with Crippen LogP contribution in [-0.4, -0.2) is 40.0 Å². The fourth-order valence-electron chi connectivity index (χ4n) is 3.88. The van der Waals surface area contributed by atoms with E-state index in [1.807, 2.05) is 42.6 Å². The number of carbonyl (C=O) groups is 2. The van der Waals surface area contributed by atoms with Gasteiger partial charge in [0, 0.05) is 36.8 Å². The first-order valence-corrected chi connectivity index (χ1v) is 9.92. The SMILES string of the molecule is O=C(Nc1ccccc1)C(=O)N1CCC[C@H](c2[nH]ncc2Cc2ccccc2)C1. The lowest BCUT2D eigenvalue weighted by Gasteiger charge is -2.32. The van der Waals surface area contributed by atoms with Crippen LogP contribution in [0.25, 0.3) is 0 Å². The van der Waals surface area contributed by atoms with Gasteiger partial charge in [-0.15, -0.1) is 0 Å². The van der Waals surface area contributed by atoms with Gasteiger partial charge < -0.3 is 10.2 Å². The third-order valence-electron chi connectivity index (χ3n) is 5.33. The van der Waals surface area contributed by atoms with Crippen LogP contribution in [0.1, 0.15) is 35.6 Å². The van der Waals surface area contributed by atoms with Crippen LogP contribution in [0.5, 0.6) is 0 Å². The molecule has 1 aliphatic rings. The maximum Gasteiger partial charge on any atom is 0.313 e. The number of para-hydroxylation sites is 1. The van der Waals surface area contributed by atoms with Gasteiger partial charge in [0.05, 0.1) is 6.20 Å². The van der Waals surface area contributed by atoms with Crippen LogP contribution in [0, 0.1) is 0 Å². The molecule has 3 aromatic rings. The zero-order chi connectivity index (χ0) is 20.1. The van der Waals surface area contributed by atoms with Crippen molar-refractivity contribution in [2.75, 3.05) is 18.4 Å². The number of rotatable bonds is 4. The summed E-state index contributed by atoms with van der Waals surface area (Å²) in [5.41, 5.74) is 4.05. The summed E-state index contributed by atoms with van der Waals surface area (Å²) in [5.74, 6) is -0.924. The third kappa shape index (κ3) is 4.54. The number of H-pyrrole nitrogens is 1. The summed E-state index contributed by atoms with van der Waals surface area (Å²) >= 11 is 0. The second kappa shape index (κ2) is 8.73. The molecule has 148 valence electrons. The maximum absolute atomic E-state index is 12.7. The predicted octanol–water partition coefficient (Wildman–Crippen LogP) is 3.35. The molecule has 29 heavy (non-hydrogen) atoms. The summed E-state index contributed by atoms with van der Waals surface area (Å²) in [7, 11) is 0. The monoisotopic (exact) mass is 388 g/mol. The minimum Gasteiger partial charge on any atom is -0.334 e. The van der Waals surface area contributed by atoms with E-state index in [1.165, 1.54) is 5.56 Å². The van der Waals surface area contributed by atoms with Crippen molar-refractivity contribution in [3.05, 3.63) is 83.7 Å². The lowest BCUT2D eigenvalue weighted by molar-refractivity contribution is -0.144. The lowest BCUT2D eigenvalue weighted by atomic mass is 9.90. The first kappa shape index (κ1) is 18.9. The van der Waals surface area contributed by atoms with Gasteiger partial charge in [-0.2, -0.15) is 5.10 Å². The first-order chi connectivity index (χ1) is 14.2. The van der Waals surface area contributed by atoms with E-state index < -0.39 is 11.8 Å². The van der Waals surface area contributed by atoms with E-state index >= 15 is 0 Å². The van der Waals surface area contributed by atoms with Crippen molar-refractivity contribution in [3.8, 4) is 0 Å². The highest BCUT2D eigenvalue weighted by atomic mass is 16.2. The van der Waals surface area contributed by atoms with Gasteiger partial charge in [0.1, 0.15) is 0 Å². The number of nitrogens with one attached hydrogen (secondary N) is 2. The summed E-state index contributed by atoms with van der Waals surface area (Å²) in [6.07, 6.45) is 4.49. The van der Waals surface area contributed by atoms with Crippen molar-refractivity contribution in [3.63, 3.8) is 0 Å². The number of aromatic nitrogens is 2. The number of piperidine rings is 1. The molecule has 2 heterocycles. The third-order valence-corrected chi connectivity index (χ3v) is 5.33. The topological polar surface area (TPSA) is 78.1 Å². The van der Waals surface area contributed by atoms with Crippen molar-refractivity contribution in [1.29, 1.82) is 0 Å². The Morgan fingerprint density at radius 1 is 1.07 bits per heavy atom. The van der Waals surface area contributed by atoms with E-state index in [1.54, 1.807) is 17.0 Å². The highest BCUT2D eigenvalue weighted by Crippen LogP contribution is 2.29. The molecule has 1 saturated heterocycles. The number of hydrogen-bond donors (Lipinski definition) is 2. The molecular weight excluding hydrogens is 364 g/mol. The number of aromatic amines is 1. The molecule has 0 spiro atoms. The molecule has 4 rings (SSSR count). The molecule has 0 radical (unpaired) electrons. The molecule has 0 saturated carbocycles. The summed E-state index contributed by atoms with van der Waals surface area (Å²) in [6.45, 7) is 1.12. The minimum absolute atomic E-state index is 0.151. The van der Waals surface area contributed by atoms with E-state index in [2.05, 4.69) is 27.6 Å². The van der Waals surface area contributed by atoms with Crippen molar-refractivity contribution in [2.45, 2.75) is 25.2 Å². The quantitative estimate of drug-likeness (QED) is 0.673. The highest BCUT2D eigenvalue weighted by Gasteiger charge is 2.30. The zero-order valence-corrected chi connectivity index (χ0v) is 16.2. The van der Waals surface area contributed by atoms with Crippen molar-refractivity contribution in [2.24, 2.45) is 0 Å². The van der Waals surface area contributed by atoms with Crippen LogP contribution in [0.4, 0.5) is 5.69 Å². The average molecular weight is 388 g/mol. The smallest absolute Gasteiger partial charge is 0.313 e. The largest absolute Gasteiger partial charge is 0.334 e. The molecule has 1 aromatic heterocycles. The maximum atomic E-state index is 12.7. The Bertz CT molecular complexity index is 969. The van der Waals surface area contributed by atoms with Crippen LogP contribution in [0.15, 0.2) is 66.9 Å². The van der Waals surface area contributed by atoms with E-state index in [9.17, 15) is 9.59 Å². The molecule has 0 unspecified atom stereocenters.